The number of pyridine rings is 1. The van der Waals surface area contributed by atoms with Gasteiger partial charge in [0.15, 0.2) is 5.75 Å². The average Bonchev–Trinajstić information content (AvgIpc) is 2.83. The molecule has 4 rings (SSSR count). The van der Waals surface area contributed by atoms with Gasteiger partial charge in [-0.1, -0.05) is 18.2 Å². The fourth-order valence-electron chi connectivity index (χ4n) is 2.55. The topological polar surface area (TPSA) is 86.5 Å². The van der Waals surface area contributed by atoms with Crippen LogP contribution in [0.2, 0.25) is 0 Å². The molecule has 4 aromatic rings. The van der Waals surface area contributed by atoms with Crippen molar-refractivity contribution in [2.45, 2.75) is 0 Å². The van der Waals surface area contributed by atoms with E-state index in [1.54, 1.807) is 12.1 Å². The van der Waals surface area contributed by atoms with E-state index < -0.39 is 17.1 Å². The highest BCUT2D eigenvalue weighted by molar-refractivity contribution is 6.18. The molecule has 98 valence electrons. The minimum absolute atomic E-state index is 0.376. The Labute approximate surface area is 111 Å². The molecular weight excluding hydrogens is 258 g/mol. The molecule has 5 heteroatoms. The normalized spacial score (nSPS) is 11.6. The van der Waals surface area contributed by atoms with Gasteiger partial charge in [-0.2, -0.15) is 0 Å². The lowest BCUT2D eigenvalue weighted by atomic mass is 10.1. The van der Waals surface area contributed by atoms with Crippen molar-refractivity contribution < 1.29 is 14.6 Å². The van der Waals surface area contributed by atoms with Crippen molar-refractivity contribution in [3.8, 4) is 11.5 Å². The summed E-state index contributed by atoms with van der Waals surface area (Å²) in [4.78, 5) is 14.3. The van der Waals surface area contributed by atoms with Crippen molar-refractivity contribution in [2.24, 2.45) is 0 Å². The summed E-state index contributed by atoms with van der Waals surface area (Å²) < 4.78 is 5.70. The van der Waals surface area contributed by atoms with Gasteiger partial charge in [-0.15, -0.1) is 0 Å². The Morgan fingerprint density at radius 1 is 0.900 bits per heavy atom. The molecule has 2 aromatic carbocycles. The summed E-state index contributed by atoms with van der Waals surface area (Å²) in [6, 6.07) is 10.7. The molecule has 0 aliphatic rings. The first-order valence-electron chi connectivity index (χ1n) is 6.05. The van der Waals surface area contributed by atoms with Gasteiger partial charge in [-0.3, -0.25) is 4.79 Å². The van der Waals surface area contributed by atoms with Crippen LogP contribution in [0.3, 0.4) is 0 Å². The van der Waals surface area contributed by atoms with Crippen LogP contribution in [0.25, 0.3) is 32.8 Å². The van der Waals surface area contributed by atoms with Gasteiger partial charge in [0.05, 0.1) is 10.9 Å². The number of aromatic amines is 1. The summed E-state index contributed by atoms with van der Waals surface area (Å²) >= 11 is 0. The number of nitrogens with one attached hydrogen (secondary N) is 1. The Hall–Kier alpha value is -2.95. The number of para-hydroxylation sites is 1. The molecule has 5 nitrogen and oxygen atoms in total. The number of rotatable bonds is 0. The second-order valence-corrected chi connectivity index (χ2v) is 4.61. The third-order valence-electron chi connectivity index (χ3n) is 3.48. The third kappa shape index (κ3) is 1.23. The molecule has 0 spiro atoms. The summed E-state index contributed by atoms with van der Waals surface area (Å²) in [5.74, 6) is -1.10. The molecule has 2 heterocycles. The molecule has 0 radical (unpaired) electrons. The molecule has 0 aliphatic heterocycles. The van der Waals surface area contributed by atoms with Crippen molar-refractivity contribution >= 4 is 32.8 Å². The Morgan fingerprint density at radius 2 is 1.70 bits per heavy atom. The van der Waals surface area contributed by atoms with Crippen LogP contribution in [-0.4, -0.2) is 15.2 Å². The highest BCUT2D eigenvalue weighted by atomic mass is 16.3. The molecule has 20 heavy (non-hydrogen) atoms. The number of aromatic nitrogens is 1. The van der Waals surface area contributed by atoms with Gasteiger partial charge in [-0.25, -0.2) is 0 Å². The molecular formula is C15H9NO4. The van der Waals surface area contributed by atoms with E-state index in [1.165, 1.54) is 0 Å². The van der Waals surface area contributed by atoms with Crippen LogP contribution >= 0.6 is 0 Å². The van der Waals surface area contributed by atoms with Crippen molar-refractivity contribution in [1.82, 2.24) is 4.98 Å². The summed E-state index contributed by atoms with van der Waals surface area (Å²) in [5.41, 5.74) is 1.03. The number of hydrogen-bond donors (Lipinski definition) is 3. The Kier molecular flexibility index (Phi) is 1.93. The number of fused-ring (bicyclic) bond motifs is 5. The van der Waals surface area contributed by atoms with Crippen LogP contribution < -0.4 is 5.56 Å². The van der Waals surface area contributed by atoms with Gasteiger partial charge >= 0.3 is 0 Å². The third-order valence-corrected chi connectivity index (χ3v) is 3.48. The van der Waals surface area contributed by atoms with E-state index in [2.05, 4.69) is 4.98 Å². The van der Waals surface area contributed by atoms with E-state index in [0.29, 0.717) is 27.5 Å². The minimum Gasteiger partial charge on any atom is -0.504 e. The zero-order valence-corrected chi connectivity index (χ0v) is 10.2. The quantitative estimate of drug-likeness (QED) is 0.457. The lowest BCUT2D eigenvalue weighted by Crippen LogP contribution is -2.05. The van der Waals surface area contributed by atoms with Gasteiger partial charge in [0.25, 0.3) is 5.56 Å². The Morgan fingerprint density at radius 3 is 2.55 bits per heavy atom. The molecule has 0 aliphatic carbocycles. The summed E-state index contributed by atoms with van der Waals surface area (Å²) in [5, 5.41) is 21.4. The lowest BCUT2D eigenvalue weighted by molar-refractivity contribution is 0.402. The number of aromatic hydroxyl groups is 2. The van der Waals surface area contributed by atoms with Gasteiger partial charge in [-0.05, 0) is 18.2 Å². The van der Waals surface area contributed by atoms with Gasteiger partial charge in [0, 0.05) is 10.8 Å². The minimum atomic E-state index is -0.729. The first kappa shape index (κ1) is 10.9. The largest absolute Gasteiger partial charge is 0.504 e. The standard InChI is InChI=1S/C15H9NO4/c17-13-8-5-6-10-11(12(8)16-15(19)14(13)18)7-3-1-2-4-9(7)20-10/h1-6,18H,(H2,16,17,19). The van der Waals surface area contributed by atoms with Gasteiger partial charge in [0.2, 0.25) is 5.75 Å². The van der Waals surface area contributed by atoms with Gasteiger partial charge in [0.1, 0.15) is 11.2 Å². The SMILES string of the molecule is O=c1[nH]c2c(ccc3oc4ccccc4c32)c(O)c1O. The van der Waals surface area contributed by atoms with Crippen LogP contribution in [0, 0.1) is 0 Å². The predicted octanol–water partition coefficient (Wildman–Crippen LogP) is 2.84. The van der Waals surface area contributed by atoms with E-state index >= 15 is 0 Å². The molecule has 0 amide bonds. The summed E-state index contributed by atoms with van der Waals surface area (Å²) in [6.07, 6.45) is 0. The van der Waals surface area contributed by atoms with Gasteiger partial charge < -0.3 is 19.6 Å². The fraction of sp³-hybridized carbons (Fsp3) is 0. The smallest absolute Gasteiger partial charge is 0.294 e. The molecule has 2 aromatic heterocycles. The maximum Gasteiger partial charge on any atom is 0.294 e. The van der Waals surface area contributed by atoms with Crippen molar-refractivity contribution in [2.75, 3.05) is 0 Å². The number of benzene rings is 2. The van der Waals surface area contributed by atoms with Crippen LogP contribution in [0.15, 0.2) is 45.6 Å². The monoisotopic (exact) mass is 267 g/mol. The second-order valence-electron chi connectivity index (χ2n) is 4.61. The predicted molar refractivity (Wildman–Crippen MR) is 75.2 cm³/mol. The van der Waals surface area contributed by atoms with Crippen molar-refractivity contribution in [3.05, 3.63) is 46.8 Å². The lowest BCUT2D eigenvalue weighted by Gasteiger charge is -2.03. The highest BCUT2D eigenvalue weighted by Gasteiger charge is 2.16. The van der Waals surface area contributed by atoms with Crippen LogP contribution in [0.5, 0.6) is 11.5 Å². The first-order chi connectivity index (χ1) is 9.66. The zero-order valence-electron chi connectivity index (χ0n) is 10.2. The second kappa shape index (κ2) is 3.54. The molecule has 0 fully saturated rings. The van der Waals surface area contributed by atoms with E-state index in [4.69, 9.17) is 4.42 Å². The summed E-state index contributed by atoms with van der Waals surface area (Å²) in [6.45, 7) is 0. The Balaban J connectivity index is 2.37. The zero-order chi connectivity index (χ0) is 13.9. The Bertz CT molecular complexity index is 1040. The van der Waals surface area contributed by atoms with Crippen molar-refractivity contribution in [3.63, 3.8) is 0 Å². The van der Waals surface area contributed by atoms with Crippen LogP contribution in [0.4, 0.5) is 0 Å². The molecule has 0 atom stereocenters. The molecule has 0 bridgehead atoms. The highest BCUT2D eigenvalue weighted by Crippen LogP contribution is 2.37. The van der Waals surface area contributed by atoms with E-state index in [9.17, 15) is 15.0 Å². The van der Waals surface area contributed by atoms with Crippen LogP contribution in [-0.2, 0) is 0 Å². The average molecular weight is 267 g/mol. The van der Waals surface area contributed by atoms with Crippen LogP contribution in [0.1, 0.15) is 0 Å². The molecule has 0 saturated heterocycles. The van der Waals surface area contributed by atoms with E-state index in [0.717, 1.165) is 5.39 Å². The number of H-pyrrole nitrogens is 1. The van der Waals surface area contributed by atoms with E-state index in [1.807, 2.05) is 24.3 Å². The molecule has 3 N–H and O–H groups in total. The molecule has 0 saturated carbocycles. The maximum absolute atomic E-state index is 11.7. The molecule has 0 unspecified atom stereocenters. The van der Waals surface area contributed by atoms with E-state index in [-0.39, 0.29) is 0 Å². The fourth-order valence-corrected chi connectivity index (χ4v) is 2.55. The first-order valence-corrected chi connectivity index (χ1v) is 6.05. The number of hydrogen-bond acceptors (Lipinski definition) is 4. The maximum atomic E-state index is 11.7. The summed E-state index contributed by atoms with van der Waals surface area (Å²) in [7, 11) is 0. The van der Waals surface area contributed by atoms with Crippen molar-refractivity contribution in [1.29, 1.82) is 0 Å². The number of furan rings is 1.